The van der Waals surface area contributed by atoms with E-state index in [1.807, 2.05) is 48.5 Å². The molecule has 0 saturated heterocycles. The van der Waals surface area contributed by atoms with Crippen LogP contribution in [0.3, 0.4) is 0 Å². The molecule has 0 fully saturated rings. The van der Waals surface area contributed by atoms with E-state index in [0.29, 0.717) is 12.1 Å². The zero-order valence-corrected chi connectivity index (χ0v) is 19.3. The van der Waals surface area contributed by atoms with E-state index in [1.54, 1.807) is 24.8 Å². The van der Waals surface area contributed by atoms with Gasteiger partial charge >= 0.3 is 0 Å². The first kappa shape index (κ1) is 21.3. The number of carbonyl (C=O) groups is 1. The summed E-state index contributed by atoms with van der Waals surface area (Å²) < 4.78 is 5.19. The Labute approximate surface area is 189 Å². The molecule has 0 atom stereocenters. The lowest BCUT2D eigenvalue weighted by Crippen LogP contribution is -2.26. The second-order valence-electron chi connectivity index (χ2n) is 7.09. The molecule has 0 bridgehead atoms. The number of nitrogens with one attached hydrogen (secondary N) is 1. The summed E-state index contributed by atoms with van der Waals surface area (Å²) in [6.07, 6.45) is 2.35. The maximum atomic E-state index is 12.9. The minimum absolute atomic E-state index is 0.0832. The molecule has 1 amide bonds. The molecule has 0 radical (unpaired) electrons. The summed E-state index contributed by atoms with van der Waals surface area (Å²) in [5.74, 6) is 0.744. The number of aromatic nitrogens is 2. The van der Waals surface area contributed by atoms with Gasteiger partial charge in [0.25, 0.3) is 5.91 Å². The zero-order valence-electron chi connectivity index (χ0n) is 17.6. The number of aryl methyl sites for hydroxylation is 2. The van der Waals surface area contributed by atoms with Crippen molar-refractivity contribution >= 4 is 39.2 Å². The Morgan fingerprint density at radius 1 is 1.10 bits per heavy atom. The lowest BCUT2D eigenvalue weighted by molar-refractivity contribution is 0.0951. The molecule has 1 N–H and O–H groups in total. The molecule has 0 unspecified atom stereocenters. The van der Waals surface area contributed by atoms with Gasteiger partial charge in [-0.2, -0.15) is 0 Å². The van der Waals surface area contributed by atoms with Crippen molar-refractivity contribution in [1.82, 2.24) is 15.3 Å². The standard InChI is InChI=1S/C24H23N3O2S2/c1-15-16(2)30-23-21(15)24(27-14-26-23)31-20-7-5-4-6-19(20)22(28)25-13-12-17-8-10-18(29-3)11-9-17/h4-11,14H,12-13H2,1-3H3,(H,25,28). The number of nitrogens with zero attached hydrogens (tertiary/aromatic N) is 2. The Morgan fingerprint density at radius 3 is 2.65 bits per heavy atom. The van der Waals surface area contributed by atoms with Crippen LogP contribution in [0.2, 0.25) is 0 Å². The molecule has 2 heterocycles. The van der Waals surface area contributed by atoms with Gasteiger partial charge in [0, 0.05) is 21.7 Å². The fraction of sp³-hybridized carbons (Fsp3) is 0.208. The zero-order chi connectivity index (χ0) is 21.8. The lowest BCUT2D eigenvalue weighted by Gasteiger charge is -2.10. The first-order chi connectivity index (χ1) is 15.1. The Morgan fingerprint density at radius 2 is 1.87 bits per heavy atom. The van der Waals surface area contributed by atoms with Crippen LogP contribution in [-0.4, -0.2) is 29.5 Å². The summed E-state index contributed by atoms with van der Waals surface area (Å²) >= 11 is 3.19. The fourth-order valence-corrected chi connectivity index (χ4v) is 5.42. The predicted molar refractivity (Wildman–Crippen MR) is 126 cm³/mol. The molecule has 0 aliphatic carbocycles. The Hall–Kier alpha value is -2.90. The van der Waals surface area contributed by atoms with Crippen LogP contribution < -0.4 is 10.1 Å². The largest absolute Gasteiger partial charge is 0.497 e. The van der Waals surface area contributed by atoms with Crippen molar-refractivity contribution in [3.8, 4) is 5.75 Å². The number of hydrogen-bond acceptors (Lipinski definition) is 6. The molecular weight excluding hydrogens is 426 g/mol. The van der Waals surface area contributed by atoms with Gasteiger partial charge in [-0.25, -0.2) is 9.97 Å². The summed E-state index contributed by atoms with van der Waals surface area (Å²) in [4.78, 5) is 24.9. The first-order valence-corrected chi connectivity index (χ1v) is 11.6. The monoisotopic (exact) mass is 449 g/mol. The number of hydrogen-bond donors (Lipinski definition) is 1. The number of methoxy groups -OCH3 is 1. The highest BCUT2D eigenvalue weighted by atomic mass is 32.2. The van der Waals surface area contributed by atoms with Gasteiger partial charge < -0.3 is 10.1 Å². The summed E-state index contributed by atoms with van der Waals surface area (Å²) in [6.45, 7) is 4.75. The quantitative estimate of drug-likeness (QED) is 0.381. The van der Waals surface area contributed by atoms with Crippen molar-refractivity contribution in [3.05, 3.63) is 76.4 Å². The molecule has 2 aromatic heterocycles. The van der Waals surface area contributed by atoms with Crippen molar-refractivity contribution in [2.45, 2.75) is 30.2 Å². The number of rotatable bonds is 7. The molecule has 0 saturated carbocycles. The normalized spacial score (nSPS) is 10.9. The minimum Gasteiger partial charge on any atom is -0.497 e. The van der Waals surface area contributed by atoms with Crippen LogP contribution in [0.4, 0.5) is 0 Å². The maximum Gasteiger partial charge on any atom is 0.252 e. The van der Waals surface area contributed by atoms with E-state index < -0.39 is 0 Å². The average molecular weight is 450 g/mol. The van der Waals surface area contributed by atoms with Crippen molar-refractivity contribution in [2.75, 3.05) is 13.7 Å². The number of amides is 1. The molecule has 158 valence electrons. The lowest BCUT2D eigenvalue weighted by atomic mass is 10.1. The number of fused-ring (bicyclic) bond motifs is 1. The van der Waals surface area contributed by atoms with Crippen molar-refractivity contribution in [3.63, 3.8) is 0 Å². The van der Waals surface area contributed by atoms with Gasteiger partial charge in [-0.05, 0) is 55.7 Å². The van der Waals surface area contributed by atoms with E-state index in [1.165, 1.54) is 22.2 Å². The van der Waals surface area contributed by atoms with Gasteiger partial charge in [-0.15, -0.1) is 11.3 Å². The van der Waals surface area contributed by atoms with E-state index in [9.17, 15) is 4.79 Å². The molecule has 2 aromatic carbocycles. The van der Waals surface area contributed by atoms with Crippen LogP contribution in [0.15, 0.2) is 64.8 Å². The summed E-state index contributed by atoms with van der Waals surface area (Å²) in [5, 5.41) is 4.99. The molecule has 0 aliphatic heterocycles. The van der Waals surface area contributed by atoms with Crippen LogP contribution in [0, 0.1) is 13.8 Å². The van der Waals surface area contributed by atoms with Gasteiger partial charge in [0.1, 0.15) is 21.9 Å². The number of thiophene rings is 1. The van der Waals surface area contributed by atoms with Gasteiger partial charge in [-0.1, -0.05) is 36.0 Å². The number of carbonyl (C=O) groups excluding carboxylic acids is 1. The van der Waals surface area contributed by atoms with Crippen LogP contribution in [0.1, 0.15) is 26.4 Å². The van der Waals surface area contributed by atoms with Gasteiger partial charge in [0.15, 0.2) is 0 Å². The fourth-order valence-electron chi connectivity index (χ4n) is 3.28. The first-order valence-electron chi connectivity index (χ1n) is 9.95. The maximum absolute atomic E-state index is 12.9. The molecule has 31 heavy (non-hydrogen) atoms. The predicted octanol–water partition coefficient (Wildman–Crippen LogP) is 5.44. The smallest absolute Gasteiger partial charge is 0.252 e. The van der Waals surface area contributed by atoms with E-state index >= 15 is 0 Å². The third-order valence-electron chi connectivity index (χ3n) is 5.13. The molecule has 0 spiro atoms. The number of benzene rings is 2. The highest BCUT2D eigenvalue weighted by Crippen LogP contribution is 2.38. The van der Waals surface area contributed by atoms with Crippen LogP contribution in [0.5, 0.6) is 5.75 Å². The molecular formula is C24H23N3O2S2. The van der Waals surface area contributed by atoms with E-state index in [0.717, 1.165) is 37.9 Å². The summed E-state index contributed by atoms with van der Waals surface area (Å²) in [5.41, 5.74) is 3.00. The Balaban J connectivity index is 1.49. The van der Waals surface area contributed by atoms with Crippen molar-refractivity contribution < 1.29 is 9.53 Å². The van der Waals surface area contributed by atoms with Crippen LogP contribution in [0.25, 0.3) is 10.2 Å². The van der Waals surface area contributed by atoms with Crippen LogP contribution in [-0.2, 0) is 6.42 Å². The van der Waals surface area contributed by atoms with Crippen molar-refractivity contribution in [1.29, 1.82) is 0 Å². The van der Waals surface area contributed by atoms with E-state index in [-0.39, 0.29) is 5.91 Å². The third kappa shape index (κ3) is 4.73. The molecule has 7 heteroatoms. The van der Waals surface area contributed by atoms with Crippen molar-refractivity contribution in [2.24, 2.45) is 0 Å². The van der Waals surface area contributed by atoms with E-state index in [2.05, 4.69) is 29.1 Å². The van der Waals surface area contributed by atoms with Gasteiger partial charge in [0.2, 0.25) is 0 Å². The molecule has 4 aromatic rings. The second kappa shape index (κ2) is 9.49. The van der Waals surface area contributed by atoms with Gasteiger partial charge in [0.05, 0.1) is 12.7 Å². The van der Waals surface area contributed by atoms with Gasteiger partial charge in [-0.3, -0.25) is 4.79 Å². The Kier molecular flexibility index (Phi) is 6.53. The summed E-state index contributed by atoms with van der Waals surface area (Å²) in [6, 6.07) is 15.5. The number of ether oxygens (including phenoxy) is 1. The minimum atomic E-state index is -0.0832. The Bertz CT molecular complexity index is 1220. The highest BCUT2D eigenvalue weighted by molar-refractivity contribution is 7.99. The third-order valence-corrected chi connectivity index (χ3v) is 7.32. The molecule has 4 rings (SSSR count). The van der Waals surface area contributed by atoms with Crippen LogP contribution >= 0.6 is 23.1 Å². The SMILES string of the molecule is COc1ccc(CCNC(=O)c2ccccc2Sc2ncnc3sc(C)c(C)c23)cc1. The highest BCUT2D eigenvalue weighted by Gasteiger charge is 2.16. The van der Waals surface area contributed by atoms with E-state index in [4.69, 9.17) is 4.74 Å². The molecule has 0 aliphatic rings. The topological polar surface area (TPSA) is 64.1 Å². The second-order valence-corrected chi connectivity index (χ2v) is 9.33. The molecule has 5 nitrogen and oxygen atoms in total. The average Bonchev–Trinajstić information content (AvgIpc) is 3.09. The summed E-state index contributed by atoms with van der Waals surface area (Å²) in [7, 11) is 1.65.